The molecule has 0 saturated carbocycles. The molecular formula is C27H37N5O2. The van der Waals surface area contributed by atoms with Crippen molar-refractivity contribution in [2.75, 3.05) is 33.7 Å². The van der Waals surface area contributed by atoms with Gasteiger partial charge in [-0.2, -0.15) is 0 Å². The summed E-state index contributed by atoms with van der Waals surface area (Å²) in [6.07, 6.45) is 3.95. The van der Waals surface area contributed by atoms with E-state index in [1.165, 1.54) is 5.56 Å². The number of H-pyrrole nitrogens is 1. The van der Waals surface area contributed by atoms with Gasteiger partial charge in [0.15, 0.2) is 0 Å². The summed E-state index contributed by atoms with van der Waals surface area (Å²) >= 11 is 0. The molecule has 1 amide bonds. The van der Waals surface area contributed by atoms with Gasteiger partial charge >= 0.3 is 0 Å². The van der Waals surface area contributed by atoms with E-state index in [0.29, 0.717) is 12.5 Å². The molecule has 4 rings (SSSR count). The van der Waals surface area contributed by atoms with Crippen molar-refractivity contribution < 1.29 is 4.79 Å². The molecule has 7 heteroatoms. The van der Waals surface area contributed by atoms with Crippen LogP contribution in [0.4, 0.5) is 0 Å². The first kappa shape index (κ1) is 24.2. The average molecular weight is 464 g/mol. The minimum Gasteiger partial charge on any atom is -0.353 e. The molecule has 34 heavy (non-hydrogen) atoms. The number of piperidine rings is 1. The maximum Gasteiger partial charge on any atom is 0.253 e. The normalized spacial score (nSPS) is 15.4. The molecular weight excluding hydrogens is 426 g/mol. The number of hydrogen-bond donors (Lipinski definition) is 1. The van der Waals surface area contributed by atoms with Gasteiger partial charge in [0, 0.05) is 55.6 Å². The molecule has 7 nitrogen and oxygen atoms in total. The molecule has 1 saturated heterocycles. The number of aromatic nitrogens is 3. The summed E-state index contributed by atoms with van der Waals surface area (Å²) in [5.74, 6) is 0.834. The SMILES string of the molecule is Cc1c(-c2[nH]c3ccc(C4CCN(CC(=O)N(C)C)CC4)nc3c2C(C)C)cn(C)c(=O)c1C. The van der Waals surface area contributed by atoms with Crippen LogP contribution in [0.1, 0.15) is 60.9 Å². The summed E-state index contributed by atoms with van der Waals surface area (Å²) < 4.78 is 1.67. The van der Waals surface area contributed by atoms with E-state index in [-0.39, 0.29) is 17.4 Å². The number of nitrogens with zero attached hydrogens (tertiary/aromatic N) is 4. The van der Waals surface area contributed by atoms with Crippen molar-refractivity contribution in [2.24, 2.45) is 7.05 Å². The number of hydrogen-bond acceptors (Lipinski definition) is 4. The van der Waals surface area contributed by atoms with E-state index < -0.39 is 0 Å². The number of carbonyl (C=O) groups is 1. The smallest absolute Gasteiger partial charge is 0.253 e. The number of pyridine rings is 2. The van der Waals surface area contributed by atoms with E-state index in [1.807, 2.05) is 41.2 Å². The topological polar surface area (TPSA) is 74.2 Å². The lowest BCUT2D eigenvalue weighted by Gasteiger charge is -2.31. The highest BCUT2D eigenvalue weighted by Crippen LogP contribution is 2.37. The number of amides is 1. The van der Waals surface area contributed by atoms with E-state index >= 15 is 0 Å². The van der Waals surface area contributed by atoms with Crippen molar-refractivity contribution in [3.63, 3.8) is 0 Å². The van der Waals surface area contributed by atoms with Crippen LogP contribution in [-0.4, -0.2) is 64.0 Å². The Balaban J connectivity index is 1.68. The number of fused-ring (bicyclic) bond motifs is 1. The standard InChI is InChI=1S/C27H37N5O2/c1-16(2)24-25(20-14-31(7)27(34)18(4)17(20)3)29-22-9-8-21(28-26(22)24)19-10-12-32(13-11-19)15-23(33)30(5)6/h8-9,14,16,19,29H,10-13,15H2,1-7H3. The van der Waals surface area contributed by atoms with Crippen LogP contribution in [0.3, 0.4) is 0 Å². The monoisotopic (exact) mass is 463 g/mol. The van der Waals surface area contributed by atoms with Crippen molar-refractivity contribution >= 4 is 16.9 Å². The quantitative estimate of drug-likeness (QED) is 0.622. The minimum absolute atomic E-state index is 0.0440. The highest BCUT2D eigenvalue weighted by atomic mass is 16.2. The highest BCUT2D eigenvalue weighted by Gasteiger charge is 2.25. The third-order valence-electron chi connectivity index (χ3n) is 7.34. The van der Waals surface area contributed by atoms with Gasteiger partial charge in [0.25, 0.3) is 5.56 Å². The van der Waals surface area contributed by atoms with Gasteiger partial charge in [0.2, 0.25) is 5.91 Å². The zero-order valence-corrected chi connectivity index (χ0v) is 21.5. The van der Waals surface area contributed by atoms with Crippen molar-refractivity contribution in [2.45, 2.75) is 52.4 Å². The number of rotatable bonds is 5. The number of carbonyl (C=O) groups excluding carboxylic acids is 1. The Hall–Kier alpha value is -2.93. The predicted molar refractivity (Wildman–Crippen MR) is 137 cm³/mol. The Morgan fingerprint density at radius 1 is 1.18 bits per heavy atom. The third kappa shape index (κ3) is 4.41. The van der Waals surface area contributed by atoms with Crippen molar-refractivity contribution in [1.82, 2.24) is 24.3 Å². The van der Waals surface area contributed by atoms with Crippen molar-refractivity contribution in [1.29, 1.82) is 0 Å². The number of likely N-dealkylation sites (N-methyl/N-ethyl adjacent to an activating group) is 1. The zero-order valence-electron chi connectivity index (χ0n) is 21.5. The summed E-state index contributed by atoms with van der Waals surface area (Å²) in [6.45, 7) is 10.6. The summed E-state index contributed by atoms with van der Waals surface area (Å²) in [4.78, 5) is 37.2. The lowest BCUT2D eigenvalue weighted by Crippen LogP contribution is -2.40. The average Bonchev–Trinajstić information content (AvgIpc) is 3.19. The van der Waals surface area contributed by atoms with Gasteiger partial charge in [0.1, 0.15) is 0 Å². The largest absolute Gasteiger partial charge is 0.353 e. The molecule has 0 spiro atoms. The van der Waals surface area contributed by atoms with E-state index in [2.05, 4.69) is 35.9 Å². The van der Waals surface area contributed by atoms with Gasteiger partial charge in [-0.1, -0.05) is 13.8 Å². The Labute approximate surface area is 201 Å². The van der Waals surface area contributed by atoms with Crippen LogP contribution in [0.5, 0.6) is 0 Å². The van der Waals surface area contributed by atoms with Gasteiger partial charge in [-0.25, -0.2) is 0 Å². The van der Waals surface area contributed by atoms with E-state index in [1.54, 1.807) is 9.47 Å². The second kappa shape index (κ2) is 9.37. The lowest BCUT2D eigenvalue weighted by atomic mass is 9.92. The molecule has 0 aliphatic carbocycles. The van der Waals surface area contributed by atoms with Gasteiger partial charge in [0.05, 0.1) is 23.3 Å². The zero-order chi connectivity index (χ0) is 24.7. The number of nitrogens with one attached hydrogen (secondary N) is 1. The van der Waals surface area contributed by atoms with Gasteiger partial charge in [-0.3, -0.25) is 19.5 Å². The van der Waals surface area contributed by atoms with E-state index in [9.17, 15) is 9.59 Å². The van der Waals surface area contributed by atoms with Gasteiger partial charge in [-0.05, 0) is 63.4 Å². The molecule has 0 unspecified atom stereocenters. The van der Waals surface area contributed by atoms with Crippen LogP contribution in [0.25, 0.3) is 22.3 Å². The van der Waals surface area contributed by atoms with Gasteiger partial charge < -0.3 is 14.5 Å². The third-order valence-corrected chi connectivity index (χ3v) is 7.34. The van der Waals surface area contributed by atoms with Crippen molar-refractivity contribution in [3.8, 4) is 11.3 Å². The molecule has 0 aromatic carbocycles. The number of aromatic amines is 1. The molecule has 182 valence electrons. The first-order chi connectivity index (χ1) is 16.1. The highest BCUT2D eigenvalue weighted by molar-refractivity contribution is 5.89. The van der Waals surface area contributed by atoms with Crippen LogP contribution in [-0.2, 0) is 11.8 Å². The summed E-state index contributed by atoms with van der Waals surface area (Å²) in [5.41, 5.74) is 8.34. The fourth-order valence-electron chi connectivity index (χ4n) is 5.05. The second-order valence-electron chi connectivity index (χ2n) is 10.2. The Kier molecular flexibility index (Phi) is 6.67. The molecule has 1 aliphatic heterocycles. The number of likely N-dealkylation sites (tertiary alicyclic amines) is 1. The molecule has 3 aromatic rings. The molecule has 3 aromatic heterocycles. The molecule has 0 bridgehead atoms. The molecule has 1 aliphatic rings. The Morgan fingerprint density at radius 2 is 1.85 bits per heavy atom. The van der Waals surface area contributed by atoms with E-state index in [4.69, 9.17) is 4.98 Å². The maximum absolute atomic E-state index is 12.4. The molecule has 1 fully saturated rings. The van der Waals surface area contributed by atoms with Crippen LogP contribution in [0.2, 0.25) is 0 Å². The summed E-state index contributed by atoms with van der Waals surface area (Å²) in [7, 11) is 5.43. The van der Waals surface area contributed by atoms with Crippen LogP contribution < -0.4 is 5.56 Å². The summed E-state index contributed by atoms with van der Waals surface area (Å²) in [6, 6.07) is 4.30. The fraction of sp³-hybridized carbons (Fsp3) is 0.519. The molecule has 0 atom stereocenters. The fourth-order valence-corrected chi connectivity index (χ4v) is 5.05. The van der Waals surface area contributed by atoms with Crippen LogP contribution in [0.15, 0.2) is 23.1 Å². The van der Waals surface area contributed by atoms with Crippen molar-refractivity contribution in [3.05, 3.63) is 51.1 Å². The molecule has 4 heterocycles. The number of aryl methyl sites for hydroxylation is 1. The van der Waals surface area contributed by atoms with Gasteiger partial charge in [-0.15, -0.1) is 0 Å². The van der Waals surface area contributed by atoms with Crippen LogP contribution >= 0.6 is 0 Å². The Bertz CT molecular complexity index is 1280. The first-order valence-electron chi connectivity index (χ1n) is 12.2. The maximum atomic E-state index is 12.4. The van der Waals surface area contributed by atoms with E-state index in [0.717, 1.165) is 65.0 Å². The minimum atomic E-state index is 0.0440. The Morgan fingerprint density at radius 3 is 2.47 bits per heavy atom. The molecule has 1 N–H and O–H groups in total. The lowest BCUT2D eigenvalue weighted by molar-refractivity contribution is -0.130. The van der Waals surface area contributed by atoms with Crippen LogP contribution in [0, 0.1) is 13.8 Å². The summed E-state index contributed by atoms with van der Waals surface area (Å²) in [5, 5.41) is 0. The molecule has 0 radical (unpaired) electrons. The predicted octanol–water partition coefficient (Wildman–Crippen LogP) is 3.94. The second-order valence-corrected chi connectivity index (χ2v) is 10.2. The first-order valence-corrected chi connectivity index (χ1v) is 12.2.